The second kappa shape index (κ2) is 3.43. The van der Waals surface area contributed by atoms with Gasteiger partial charge in [0.15, 0.2) is 0 Å². The highest BCUT2D eigenvalue weighted by atomic mass is 16.1. The number of hydrogen-bond acceptors (Lipinski definition) is 2. The summed E-state index contributed by atoms with van der Waals surface area (Å²) in [4.78, 5) is 12.4. The zero-order valence-corrected chi connectivity index (χ0v) is 7.24. The molecule has 0 unspecified atom stereocenters. The highest BCUT2D eigenvalue weighted by Crippen LogP contribution is 2.08. The van der Waals surface area contributed by atoms with Gasteiger partial charge in [0, 0.05) is 25.3 Å². The highest BCUT2D eigenvalue weighted by molar-refractivity contribution is 6.35. The molecule has 0 spiro atoms. The van der Waals surface area contributed by atoms with E-state index in [4.69, 9.17) is 7.85 Å². The molecule has 2 nitrogen and oxygen atoms in total. The van der Waals surface area contributed by atoms with E-state index in [-0.39, 0.29) is 0 Å². The molecule has 60 valence electrons. The molecule has 1 rings (SSSR count). The second-order valence-electron chi connectivity index (χ2n) is 2.83. The van der Waals surface area contributed by atoms with Crippen LogP contribution in [0.5, 0.6) is 0 Å². The molecule has 0 aromatic heterocycles. The lowest BCUT2D eigenvalue weighted by molar-refractivity contribution is 0.112. The number of hydrogen-bond donors (Lipinski definition) is 0. The van der Waals surface area contributed by atoms with E-state index in [0.717, 1.165) is 12.0 Å². The van der Waals surface area contributed by atoms with Crippen molar-refractivity contribution in [3.63, 3.8) is 0 Å². The van der Waals surface area contributed by atoms with Crippen molar-refractivity contribution in [1.29, 1.82) is 0 Å². The number of anilines is 1. The van der Waals surface area contributed by atoms with Crippen LogP contribution >= 0.6 is 0 Å². The minimum absolute atomic E-state index is 0.524. The molecule has 0 saturated carbocycles. The molecule has 1 aromatic rings. The fourth-order valence-corrected chi connectivity index (χ4v) is 0.948. The zero-order chi connectivity index (χ0) is 9.14. The van der Waals surface area contributed by atoms with Crippen molar-refractivity contribution >= 4 is 25.3 Å². The van der Waals surface area contributed by atoms with E-state index in [1.807, 2.05) is 25.1 Å². The van der Waals surface area contributed by atoms with E-state index in [1.54, 1.807) is 12.1 Å². The molecule has 0 saturated heterocycles. The quantitative estimate of drug-likeness (QED) is 0.458. The van der Waals surface area contributed by atoms with E-state index in [2.05, 4.69) is 0 Å². The van der Waals surface area contributed by atoms with Gasteiger partial charge in [-0.25, -0.2) is 0 Å². The van der Waals surface area contributed by atoms with Crippen LogP contribution in [-0.4, -0.2) is 28.2 Å². The van der Waals surface area contributed by atoms with E-state index < -0.39 is 0 Å². The summed E-state index contributed by atoms with van der Waals surface area (Å²) in [5, 5.41) is 0. The van der Waals surface area contributed by atoms with Gasteiger partial charge in [0.1, 0.15) is 14.1 Å². The fraction of sp³-hybridized carbons (Fsp3) is 0.222. The van der Waals surface area contributed by atoms with Gasteiger partial charge in [0.05, 0.1) is 0 Å². The SMILES string of the molecule is [B]c1cc(N(C)C)ccc1C=O. The van der Waals surface area contributed by atoms with Gasteiger partial charge in [-0.2, -0.15) is 0 Å². The molecule has 0 aliphatic rings. The van der Waals surface area contributed by atoms with Gasteiger partial charge in [-0.1, -0.05) is 11.5 Å². The van der Waals surface area contributed by atoms with Crippen LogP contribution in [-0.2, 0) is 0 Å². The number of aldehydes is 1. The van der Waals surface area contributed by atoms with Crippen LogP contribution in [0.2, 0.25) is 0 Å². The molecule has 0 atom stereocenters. The Morgan fingerprint density at radius 3 is 2.50 bits per heavy atom. The third-order valence-electron chi connectivity index (χ3n) is 1.71. The molecule has 0 aliphatic heterocycles. The Kier molecular flexibility index (Phi) is 2.53. The maximum atomic E-state index is 10.4. The third kappa shape index (κ3) is 1.67. The Morgan fingerprint density at radius 2 is 2.08 bits per heavy atom. The average Bonchev–Trinajstić information content (AvgIpc) is 2.04. The molecule has 12 heavy (non-hydrogen) atoms. The van der Waals surface area contributed by atoms with E-state index in [9.17, 15) is 4.79 Å². The summed E-state index contributed by atoms with van der Waals surface area (Å²) < 4.78 is 0. The van der Waals surface area contributed by atoms with Crippen molar-refractivity contribution < 1.29 is 4.79 Å². The first-order valence-corrected chi connectivity index (χ1v) is 3.67. The number of nitrogens with zero attached hydrogens (tertiary/aromatic N) is 1. The van der Waals surface area contributed by atoms with Crippen molar-refractivity contribution in [3.8, 4) is 0 Å². The smallest absolute Gasteiger partial charge is 0.149 e. The molecule has 0 aliphatic carbocycles. The predicted octanol–water partition coefficient (Wildman–Crippen LogP) is 0.359. The Bertz CT molecular complexity index is 297. The molecule has 0 fully saturated rings. The number of carbonyl (C=O) groups excluding carboxylic acids is 1. The molecular weight excluding hydrogens is 149 g/mol. The van der Waals surface area contributed by atoms with Gasteiger partial charge in [-0.3, -0.25) is 4.79 Å². The van der Waals surface area contributed by atoms with E-state index in [0.29, 0.717) is 11.0 Å². The monoisotopic (exact) mass is 159 g/mol. The largest absolute Gasteiger partial charge is 0.378 e. The first-order chi connectivity index (χ1) is 5.65. The summed E-state index contributed by atoms with van der Waals surface area (Å²) >= 11 is 0. The van der Waals surface area contributed by atoms with Crippen LogP contribution in [0, 0.1) is 0 Å². The Hall–Kier alpha value is -1.25. The van der Waals surface area contributed by atoms with Crippen molar-refractivity contribution in [2.24, 2.45) is 0 Å². The first-order valence-electron chi connectivity index (χ1n) is 3.67. The van der Waals surface area contributed by atoms with Gasteiger partial charge in [0.2, 0.25) is 0 Å². The molecule has 0 bridgehead atoms. The third-order valence-corrected chi connectivity index (χ3v) is 1.71. The maximum absolute atomic E-state index is 10.4. The summed E-state index contributed by atoms with van der Waals surface area (Å²) in [6.45, 7) is 0. The van der Waals surface area contributed by atoms with Crippen molar-refractivity contribution in [2.45, 2.75) is 0 Å². The number of rotatable bonds is 2. The van der Waals surface area contributed by atoms with Crippen LogP contribution in [0.15, 0.2) is 18.2 Å². The van der Waals surface area contributed by atoms with Gasteiger partial charge in [0.25, 0.3) is 0 Å². The van der Waals surface area contributed by atoms with Crippen LogP contribution in [0.25, 0.3) is 0 Å². The van der Waals surface area contributed by atoms with Gasteiger partial charge < -0.3 is 4.90 Å². The number of benzene rings is 1. The highest BCUT2D eigenvalue weighted by Gasteiger charge is 1.98. The number of carbonyl (C=O) groups is 1. The van der Waals surface area contributed by atoms with Crippen molar-refractivity contribution in [1.82, 2.24) is 0 Å². The summed E-state index contributed by atoms with van der Waals surface area (Å²) in [6.07, 6.45) is 0.759. The lowest BCUT2D eigenvalue weighted by atomic mass is 9.90. The molecular formula is C9H10BNO. The Labute approximate surface area is 73.6 Å². The zero-order valence-electron chi connectivity index (χ0n) is 7.24. The lowest BCUT2D eigenvalue weighted by Gasteiger charge is -2.13. The van der Waals surface area contributed by atoms with Crippen LogP contribution in [0.3, 0.4) is 0 Å². The summed E-state index contributed by atoms with van der Waals surface area (Å²) in [7, 11) is 9.46. The molecule has 0 amide bonds. The normalized spacial score (nSPS) is 9.50. The summed E-state index contributed by atoms with van der Waals surface area (Å²) in [5.74, 6) is 0. The Balaban J connectivity index is 3.10. The van der Waals surface area contributed by atoms with Crippen LogP contribution in [0.1, 0.15) is 10.4 Å². The minimum Gasteiger partial charge on any atom is -0.378 e. The summed E-state index contributed by atoms with van der Waals surface area (Å²) in [5.41, 5.74) is 2.06. The predicted molar refractivity (Wildman–Crippen MR) is 51.5 cm³/mol. The maximum Gasteiger partial charge on any atom is 0.149 e. The Morgan fingerprint density at radius 1 is 1.42 bits per heavy atom. The van der Waals surface area contributed by atoms with E-state index >= 15 is 0 Å². The van der Waals surface area contributed by atoms with E-state index in [1.165, 1.54) is 0 Å². The first kappa shape index (κ1) is 8.85. The van der Waals surface area contributed by atoms with Crippen LogP contribution in [0.4, 0.5) is 5.69 Å². The van der Waals surface area contributed by atoms with Crippen molar-refractivity contribution in [3.05, 3.63) is 23.8 Å². The van der Waals surface area contributed by atoms with Crippen molar-refractivity contribution in [2.75, 3.05) is 19.0 Å². The lowest BCUT2D eigenvalue weighted by Crippen LogP contribution is -2.15. The van der Waals surface area contributed by atoms with Gasteiger partial charge >= 0.3 is 0 Å². The molecule has 0 heterocycles. The van der Waals surface area contributed by atoms with Crippen LogP contribution < -0.4 is 10.4 Å². The molecule has 2 radical (unpaired) electrons. The van der Waals surface area contributed by atoms with Gasteiger partial charge in [-0.05, 0) is 12.1 Å². The topological polar surface area (TPSA) is 20.3 Å². The molecule has 3 heteroatoms. The fourth-order valence-electron chi connectivity index (χ4n) is 0.948. The average molecular weight is 159 g/mol. The van der Waals surface area contributed by atoms with Gasteiger partial charge in [-0.15, -0.1) is 0 Å². The minimum atomic E-state index is 0.524. The summed E-state index contributed by atoms with van der Waals surface area (Å²) in [6, 6.07) is 5.36. The molecule has 0 N–H and O–H groups in total. The second-order valence-corrected chi connectivity index (χ2v) is 2.83. The molecule has 1 aromatic carbocycles. The standard InChI is InChI=1S/C9H10BNO/c1-11(2)8-4-3-7(6-12)9(10)5-8/h3-6H,1-2H3.